The SMILES string of the molecule is COc1cc(C)c(C(C#N)c2ncc[nH]2)cc1OC. The molecule has 5 heteroatoms. The molecule has 0 radical (unpaired) electrons. The number of aromatic nitrogens is 2. The molecule has 0 aliphatic heterocycles. The minimum Gasteiger partial charge on any atom is -0.493 e. The second kappa shape index (κ2) is 5.44. The van der Waals surface area contributed by atoms with E-state index in [1.54, 1.807) is 26.6 Å². The van der Waals surface area contributed by atoms with E-state index >= 15 is 0 Å². The minimum atomic E-state index is -0.449. The quantitative estimate of drug-likeness (QED) is 0.912. The molecular weight excluding hydrogens is 242 g/mol. The lowest BCUT2D eigenvalue weighted by Crippen LogP contribution is -2.04. The van der Waals surface area contributed by atoms with Gasteiger partial charge in [0.2, 0.25) is 0 Å². The molecular formula is C14H15N3O2. The Labute approximate surface area is 111 Å². The Bertz CT molecular complexity index is 600. The van der Waals surface area contributed by atoms with Gasteiger partial charge in [-0.2, -0.15) is 5.26 Å². The van der Waals surface area contributed by atoms with Gasteiger partial charge in [-0.15, -0.1) is 0 Å². The Morgan fingerprint density at radius 1 is 1.26 bits per heavy atom. The van der Waals surface area contributed by atoms with Crippen molar-refractivity contribution in [3.8, 4) is 17.6 Å². The van der Waals surface area contributed by atoms with E-state index in [0.717, 1.165) is 11.1 Å². The molecule has 0 saturated heterocycles. The van der Waals surface area contributed by atoms with E-state index in [4.69, 9.17) is 9.47 Å². The molecule has 0 fully saturated rings. The second-order valence-corrected chi connectivity index (χ2v) is 4.10. The van der Waals surface area contributed by atoms with Crippen LogP contribution in [-0.2, 0) is 0 Å². The normalized spacial score (nSPS) is 11.7. The number of nitrogens with zero attached hydrogens (tertiary/aromatic N) is 2. The van der Waals surface area contributed by atoms with Crippen molar-refractivity contribution in [1.82, 2.24) is 9.97 Å². The molecule has 0 amide bonds. The summed E-state index contributed by atoms with van der Waals surface area (Å²) >= 11 is 0. The lowest BCUT2D eigenvalue weighted by Gasteiger charge is -2.15. The van der Waals surface area contributed by atoms with Crippen LogP contribution in [0.1, 0.15) is 22.9 Å². The predicted octanol–water partition coefficient (Wildman–Crippen LogP) is 2.39. The summed E-state index contributed by atoms with van der Waals surface area (Å²) in [6.07, 6.45) is 3.34. The van der Waals surface area contributed by atoms with Gasteiger partial charge in [-0.3, -0.25) is 0 Å². The number of H-pyrrole nitrogens is 1. The summed E-state index contributed by atoms with van der Waals surface area (Å²) in [4.78, 5) is 7.13. The fourth-order valence-electron chi connectivity index (χ4n) is 2.02. The van der Waals surface area contributed by atoms with Gasteiger partial charge >= 0.3 is 0 Å². The zero-order chi connectivity index (χ0) is 13.8. The number of rotatable bonds is 4. The Balaban J connectivity index is 2.53. The summed E-state index contributed by atoms with van der Waals surface area (Å²) in [5.74, 6) is 1.43. The maximum Gasteiger partial charge on any atom is 0.161 e. The number of methoxy groups -OCH3 is 2. The molecule has 98 valence electrons. The van der Waals surface area contributed by atoms with E-state index in [-0.39, 0.29) is 0 Å². The van der Waals surface area contributed by atoms with Crippen LogP contribution in [0.5, 0.6) is 11.5 Å². The van der Waals surface area contributed by atoms with E-state index in [1.165, 1.54) is 0 Å². The molecule has 1 aromatic carbocycles. The summed E-state index contributed by atoms with van der Waals surface area (Å²) in [5, 5.41) is 9.38. The molecule has 1 heterocycles. The lowest BCUT2D eigenvalue weighted by molar-refractivity contribution is 0.354. The lowest BCUT2D eigenvalue weighted by atomic mass is 9.94. The zero-order valence-electron chi connectivity index (χ0n) is 11.1. The first-order valence-electron chi connectivity index (χ1n) is 5.82. The summed E-state index contributed by atoms with van der Waals surface area (Å²) in [5.41, 5.74) is 1.82. The smallest absolute Gasteiger partial charge is 0.161 e. The van der Waals surface area contributed by atoms with Gasteiger partial charge < -0.3 is 14.5 Å². The van der Waals surface area contributed by atoms with Gasteiger partial charge in [-0.05, 0) is 30.2 Å². The van der Waals surface area contributed by atoms with Crippen molar-refractivity contribution in [2.75, 3.05) is 14.2 Å². The molecule has 0 spiro atoms. The van der Waals surface area contributed by atoms with E-state index in [2.05, 4.69) is 16.0 Å². The average molecular weight is 257 g/mol. The van der Waals surface area contributed by atoms with E-state index in [0.29, 0.717) is 17.3 Å². The van der Waals surface area contributed by atoms with E-state index in [1.807, 2.05) is 19.1 Å². The molecule has 0 aliphatic carbocycles. The Kier molecular flexibility index (Phi) is 3.71. The van der Waals surface area contributed by atoms with Crippen LogP contribution in [0.15, 0.2) is 24.5 Å². The zero-order valence-corrected chi connectivity index (χ0v) is 11.1. The standard InChI is InChI=1S/C14H15N3O2/c1-9-6-12(18-2)13(19-3)7-10(9)11(8-15)14-16-4-5-17-14/h4-7,11H,1-3H3,(H,16,17). The average Bonchev–Trinajstić information content (AvgIpc) is 2.94. The highest BCUT2D eigenvalue weighted by molar-refractivity contribution is 5.50. The van der Waals surface area contributed by atoms with Gasteiger partial charge in [0.05, 0.1) is 20.3 Å². The van der Waals surface area contributed by atoms with E-state index in [9.17, 15) is 5.26 Å². The number of nitriles is 1. The molecule has 19 heavy (non-hydrogen) atoms. The molecule has 1 aromatic heterocycles. The predicted molar refractivity (Wildman–Crippen MR) is 70.3 cm³/mol. The topological polar surface area (TPSA) is 70.9 Å². The van der Waals surface area contributed by atoms with Crippen LogP contribution < -0.4 is 9.47 Å². The first-order valence-corrected chi connectivity index (χ1v) is 5.82. The number of aromatic amines is 1. The van der Waals surface area contributed by atoms with Crippen molar-refractivity contribution >= 4 is 0 Å². The fraction of sp³-hybridized carbons (Fsp3) is 0.286. The first kappa shape index (κ1) is 13.0. The third-order valence-electron chi connectivity index (χ3n) is 3.01. The maximum absolute atomic E-state index is 9.38. The van der Waals surface area contributed by atoms with Crippen LogP contribution in [-0.4, -0.2) is 24.2 Å². The number of imidazole rings is 1. The van der Waals surface area contributed by atoms with Crippen LogP contribution in [0.4, 0.5) is 0 Å². The van der Waals surface area contributed by atoms with Gasteiger partial charge in [0.15, 0.2) is 11.5 Å². The van der Waals surface area contributed by atoms with Gasteiger partial charge in [-0.25, -0.2) is 4.98 Å². The summed E-state index contributed by atoms with van der Waals surface area (Å²) in [6, 6.07) is 5.95. The third-order valence-corrected chi connectivity index (χ3v) is 3.01. The molecule has 0 aliphatic rings. The Hall–Kier alpha value is -2.48. The fourth-order valence-corrected chi connectivity index (χ4v) is 2.02. The van der Waals surface area contributed by atoms with Crippen LogP contribution in [0.3, 0.4) is 0 Å². The summed E-state index contributed by atoms with van der Waals surface area (Å²) < 4.78 is 10.5. The van der Waals surface area contributed by atoms with Crippen molar-refractivity contribution in [2.24, 2.45) is 0 Å². The number of hydrogen-bond acceptors (Lipinski definition) is 4. The molecule has 0 bridgehead atoms. The van der Waals surface area contributed by atoms with Gasteiger partial charge in [-0.1, -0.05) is 0 Å². The Morgan fingerprint density at radius 2 is 1.95 bits per heavy atom. The van der Waals surface area contributed by atoms with Gasteiger partial charge in [0.1, 0.15) is 11.7 Å². The maximum atomic E-state index is 9.38. The first-order chi connectivity index (χ1) is 9.21. The highest BCUT2D eigenvalue weighted by Gasteiger charge is 2.20. The number of ether oxygens (including phenoxy) is 2. The molecule has 2 aromatic rings. The largest absolute Gasteiger partial charge is 0.493 e. The van der Waals surface area contributed by atoms with E-state index < -0.39 is 5.92 Å². The molecule has 1 atom stereocenters. The third kappa shape index (κ3) is 2.38. The van der Waals surface area contributed by atoms with Crippen LogP contribution in [0.2, 0.25) is 0 Å². The van der Waals surface area contributed by atoms with Crippen LogP contribution >= 0.6 is 0 Å². The number of hydrogen-bond donors (Lipinski definition) is 1. The minimum absolute atomic E-state index is 0.449. The number of nitrogens with one attached hydrogen (secondary N) is 1. The van der Waals surface area contributed by atoms with Crippen molar-refractivity contribution in [3.05, 3.63) is 41.5 Å². The summed E-state index contributed by atoms with van der Waals surface area (Å²) in [7, 11) is 3.16. The van der Waals surface area contributed by atoms with Crippen molar-refractivity contribution in [1.29, 1.82) is 5.26 Å². The number of benzene rings is 1. The molecule has 0 saturated carbocycles. The van der Waals surface area contributed by atoms with Crippen LogP contribution in [0.25, 0.3) is 0 Å². The van der Waals surface area contributed by atoms with Crippen molar-refractivity contribution in [3.63, 3.8) is 0 Å². The molecule has 5 nitrogen and oxygen atoms in total. The van der Waals surface area contributed by atoms with Crippen molar-refractivity contribution < 1.29 is 9.47 Å². The second-order valence-electron chi connectivity index (χ2n) is 4.10. The van der Waals surface area contributed by atoms with Crippen molar-refractivity contribution in [2.45, 2.75) is 12.8 Å². The monoisotopic (exact) mass is 257 g/mol. The van der Waals surface area contributed by atoms with Crippen LogP contribution in [0, 0.1) is 18.3 Å². The van der Waals surface area contributed by atoms with Gasteiger partial charge in [0, 0.05) is 12.4 Å². The molecule has 2 rings (SSSR count). The number of aryl methyl sites for hydroxylation is 1. The Morgan fingerprint density at radius 3 is 2.47 bits per heavy atom. The molecule has 1 N–H and O–H groups in total. The highest BCUT2D eigenvalue weighted by Crippen LogP contribution is 2.34. The highest BCUT2D eigenvalue weighted by atomic mass is 16.5. The van der Waals surface area contributed by atoms with Gasteiger partial charge in [0.25, 0.3) is 0 Å². The molecule has 1 unspecified atom stereocenters. The summed E-state index contributed by atoms with van der Waals surface area (Å²) in [6.45, 7) is 1.94.